The number of aromatic nitrogens is 2. The smallest absolute Gasteiger partial charge is 0.257 e. The minimum absolute atomic E-state index is 0.0336. The maximum Gasteiger partial charge on any atom is 0.257 e. The third-order valence-corrected chi connectivity index (χ3v) is 4.41. The van der Waals surface area contributed by atoms with Crippen molar-refractivity contribution in [1.29, 1.82) is 0 Å². The van der Waals surface area contributed by atoms with E-state index in [1.54, 1.807) is 23.7 Å². The predicted octanol–water partition coefficient (Wildman–Crippen LogP) is 1.54. The summed E-state index contributed by atoms with van der Waals surface area (Å²) in [7, 11) is 1.81. The molecule has 1 saturated heterocycles. The highest BCUT2D eigenvalue weighted by Crippen LogP contribution is 2.21. The average Bonchev–Trinajstić information content (AvgIpc) is 3.09. The Morgan fingerprint density at radius 2 is 2.10 bits per heavy atom. The number of hydrogen-bond donors (Lipinski definition) is 1. The Morgan fingerprint density at radius 1 is 1.29 bits per heavy atom. The Hall–Kier alpha value is -2.15. The highest BCUT2D eigenvalue weighted by molar-refractivity contribution is 7.13. The molecule has 0 spiro atoms. The van der Waals surface area contributed by atoms with Crippen LogP contribution < -0.4 is 10.2 Å². The van der Waals surface area contributed by atoms with E-state index in [0.29, 0.717) is 18.7 Å². The van der Waals surface area contributed by atoms with Crippen LogP contribution in [0.4, 0.5) is 10.8 Å². The maximum absolute atomic E-state index is 12.6. The number of nitrogens with zero attached hydrogens (tertiary/aromatic N) is 4. The number of carbonyl (C=O) groups is 1. The summed E-state index contributed by atoms with van der Waals surface area (Å²) in [6, 6.07) is 1.82. The number of pyridine rings is 1. The molecule has 2 aromatic heterocycles. The van der Waals surface area contributed by atoms with Crippen molar-refractivity contribution in [1.82, 2.24) is 14.9 Å². The highest BCUT2D eigenvalue weighted by Gasteiger charge is 2.24. The van der Waals surface area contributed by atoms with Crippen molar-refractivity contribution in [3.8, 4) is 0 Å². The van der Waals surface area contributed by atoms with Crippen LogP contribution in [0.5, 0.6) is 0 Å². The van der Waals surface area contributed by atoms with E-state index in [1.807, 2.05) is 29.6 Å². The first-order chi connectivity index (χ1) is 10.3. The van der Waals surface area contributed by atoms with Gasteiger partial charge < -0.3 is 15.1 Å². The topological polar surface area (TPSA) is 61.4 Å². The summed E-state index contributed by atoms with van der Waals surface area (Å²) in [5.74, 6) is 0.0336. The number of thiazole rings is 1. The van der Waals surface area contributed by atoms with Crippen LogP contribution >= 0.6 is 11.3 Å². The van der Waals surface area contributed by atoms with Gasteiger partial charge in [0.1, 0.15) is 0 Å². The van der Waals surface area contributed by atoms with Gasteiger partial charge in [-0.3, -0.25) is 9.78 Å². The molecule has 0 bridgehead atoms. The van der Waals surface area contributed by atoms with Gasteiger partial charge in [-0.15, -0.1) is 11.3 Å². The molecule has 1 aliphatic rings. The molecule has 0 saturated carbocycles. The van der Waals surface area contributed by atoms with Gasteiger partial charge in [0.2, 0.25) is 0 Å². The van der Waals surface area contributed by atoms with E-state index >= 15 is 0 Å². The van der Waals surface area contributed by atoms with Gasteiger partial charge in [-0.1, -0.05) is 0 Å². The number of amides is 1. The average molecular weight is 303 g/mol. The lowest BCUT2D eigenvalue weighted by Crippen LogP contribution is -2.48. The van der Waals surface area contributed by atoms with E-state index in [1.165, 1.54) is 0 Å². The van der Waals surface area contributed by atoms with Crippen LogP contribution in [0.3, 0.4) is 0 Å². The minimum Gasteiger partial charge on any atom is -0.387 e. The molecule has 2 aromatic rings. The van der Waals surface area contributed by atoms with E-state index < -0.39 is 0 Å². The van der Waals surface area contributed by atoms with Crippen molar-refractivity contribution >= 4 is 28.1 Å². The molecule has 0 unspecified atom stereocenters. The van der Waals surface area contributed by atoms with Crippen molar-refractivity contribution < 1.29 is 4.79 Å². The summed E-state index contributed by atoms with van der Waals surface area (Å²) < 4.78 is 0. The zero-order valence-electron chi connectivity index (χ0n) is 11.8. The van der Waals surface area contributed by atoms with Crippen LogP contribution in [0, 0.1) is 0 Å². The molecule has 3 heterocycles. The molecule has 6 nitrogen and oxygen atoms in total. The van der Waals surface area contributed by atoms with Crippen LogP contribution in [0.2, 0.25) is 0 Å². The third-order valence-electron chi connectivity index (χ3n) is 3.58. The molecule has 110 valence electrons. The fourth-order valence-electron chi connectivity index (χ4n) is 2.43. The van der Waals surface area contributed by atoms with Crippen LogP contribution in [-0.2, 0) is 0 Å². The molecule has 7 heteroatoms. The predicted molar refractivity (Wildman–Crippen MR) is 84.0 cm³/mol. The van der Waals surface area contributed by atoms with Crippen molar-refractivity contribution in [3.05, 3.63) is 35.6 Å². The normalized spacial score (nSPS) is 15.1. The van der Waals surface area contributed by atoms with Gasteiger partial charge in [-0.25, -0.2) is 4.98 Å². The van der Waals surface area contributed by atoms with Crippen molar-refractivity contribution in [3.63, 3.8) is 0 Å². The second-order valence-corrected chi connectivity index (χ2v) is 5.64. The standard InChI is InChI=1S/C14H17N5OS/c1-15-12-2-3-16-10-11(12)13(20)18-5-7-19(8-6-18)14-17-4-9-21-14/h2-4,9-10H,5-8H2,1H3,(H,15,16). The number of carbonyl (C=O) groups excluding carboxylic acids is 1. The first kappa shape index (κ1) is 13.8. The summed E-state index contributed by atoms with van der Waals surface area (Å²) in [5.41, 5.74) is 1.44. The monoisotopic (exact) mass is 303 g/mol. The fourth-order valence-corrected chi connectivity index (χ4v) is 3.12. The van der Waals surface area contributed by atoms with Crippen LogP contribution in [0.1, 0.15) is 10.4 Å². The second kappa shape index (κ2) is 6.09. The van der Waals surface area contributed by atoms with Gasteiger partial charge in [0.05, 0.1) is 5.56 Å². The Bertz CT molecular complexity index is 608. The van der Waals surface area contributed by atoms with E-state index in [2.05, 4.69) is 20.2 Å². The first-order valence-corrected chi connectivity index (χ1v) is 7.73. The molecule has 1 N–H and O–H groups in total. The number of anilines is 2. The summed E-state index contributed by atoms with van der Waals surface area (Å²) in [6.45, 7) is 3.04. The Morgan fingerprint density at radius 3 is 2.76 bits per heavy atom. The van der Waals surface area contributed by atoms with Crippen LogP contribution in [0.25, 0.3) is 0 Å². The lowest BCUT2D eigenvalue weighted by atomic mass is 10.2. The first-order valence-electron chi connectivity index (χ1n) is 6.85. The lowest BCUT2D eigenvalue weighted by Gasteiger charge is -2.34. The van der Waals surface area contributed by atoms with Crippen LogP contribution in [0.15, 0.2) is 30.0 Å². The Labute approximate surface area is 127 Å². The summed E-state index contributed by atoms with van der Waals surface area (Å²) >= 11 is 1.63. The van der Waals surface area contributed by atoms with Crippen LogP contribution in [-0.4, -0.2) is 54.0 Å². The highest BCUT2D eigenvalue weighted by atomic mass is 32.1. The van der Waals surface area contributed by atoms with Gasteiger partial charge in [-0.05, 0) is 6.07 Å². The summed E-state index contributed by atoms with van der Waals surface area (Å²) in [5, 5.41) is 6.04. The zero-order chi connectivity index (χ0) is 14.7. The molecular weight excluding hydrogens is 286 g/mol. The summed E-state index contributed by atoms with van der Waals surface area (Å²) in [4.78, 5) is 25.1. The minimum atomic E-state index is 0.0336. The van der Waals surface area contributed by atoms with E-state index in [0.717, 1.165) is 23.9 Å². The molecule has 0 radical (unpaired) electrons. The number of piperazine rings is 1. The van der Waals surface area contributed by atoms with Crippen molar-refractivity contribution in [2.75, 3.05) is 43.4 Å². The van der Waals surface area contributed by atoms with E-state index in [9.17, 15) is 4.79 Å². The van der Waals surface area contributed by atoms with E-state index in [4.69, 9.17) is 0 Å². The van der Waals surface area contributed by atoms with Gasteiger partial charge in [-0.2, -0.15) is 0 Å². The zero-order valence-corrected chi connectivity index (χ0v) is 12.6. The van der Waals surface area contributed by atoms with E-state index in [-0.39, 0.29) is 5.91 Å². The molecule has 0 atom stereocenters. The number of rotatable bonds is 3. The quantitative estimate of drug-likeness (QED) is 0.932. The van der Waals surface area contributed by atoms with Gasteiger partial charge in [0, 0.05) is 62.9 Å². The molecule has 1 fully saturated rings. The lowest BCUT2D eigenvalue weighted by molar-refractivity contribution is 0.0747. The molecule has 21 heavy (non-hydrogen) atoms. The molecule has 1 aliphatic heterocycles. The Kier molecular flexibility index (Phi) is 4.01. The molecular formula is C14H17N5OS. The number of hydrogen-bond acceptors (Lipinski definition) is 6. The summed E-state index contributed by atoms with van der Waals surface area (Å²) in [6.07, 6.45) is 5.12. The van der Waals surface area contributed by atoms with Gasteiger partial charge in [0.15, 0.2) is 5.13 Å². The SMILES string of the molecule is CNc1ccncc1C(=O)N1CCN(c2nccs2)CC1. The molecule has 1 amide bonds. The maximum atomic E-state index is 12.6. The largest absolute Gasteiger partial charge is 0.387 e. The van der Waals surface area contributed by atoms with Crippen molar-refractivity contribution in [2.45, 2.75) is 0 Å². The molecule has 3 rings (SSSR count). The molecule has 0 aromatic carbocycles. The fraction of sp³-hybridized carbons (Fsp3) is 0.357. The van der Waals surface area contributed by atoms with Gasteiger partial charge >= 0.3 is 0 Å². The number of nitrogens with one attached hydrogen (secondary N) is 1. The Balaban J connectivity index is 1.68. The third kappa shape index (κ3) is 2.82. The van der Waals surface area contributed by atoms with Gasteiger partial charge in [0.25, 0.3) is 5.91 Å². The van der Waals surface area contributed by atoms with Crippen molar-refractivity contribution in [2.24, 2.45) is 0 Å². The second-order valence-electron chi connectivity index (χ2n) is 4.77. The molecule has 0 aliphatic carbocycles.